The second-order valence-corrected chi connectivity index (χ2v) is 15.7. The van der Waals surface area contributed by atoms with E-state index >= 15 is 8.78 Å². The number of aryl methyl sites for hydroxylation is 2. The molecule has 0 spiro atoms. The molecule has 3 heteroatoms. The fourth-order valence-electron chi connectivity index (χ4n) is 8.97. The summed E-state index contributed by atoms with van der Waals surface area (Å²) in [5, 5.41) is 0. The monoisotopic (exact) mass is 690 g/mol. The summed E-state index contributed by atoms with van der Waals surface area (Å²) in [6.07, 6.45) is 18.7. The highest BCUT2D eigenvalue weighted by atomic mass is 19.1. The normalized spacial score (nSPS) is 20.8. The molecule has 0 radical (unpaired) electrons. The van der Waals surface area contributed by atoms with Gasteiger partial charge in [0, 0.05) is 13.2 Å². The van der Waals surface area contributed by atoms with Crippen molar-refractivity contribution < 1.29 is 13.5 Å². The molecule has 51 heavy (non-hydrogen) atoms. The van der Waals surface area contributed by atoms with Crippen molar-refractivity contribution in [2.75, 3.05) is 13.2 Å². The Morgan fingerprint density at radius 1 is 0.490 bits per heavy atom. The SMILES string of the molecule is CCCC1CCC(c2ccc(-c3ccc(CCCOCCCc4ccc(-c5ccc(C6CCC(CCC)CC6)cc5)cc4F)c(F)c3)cc2)CC1. The van der Waals surface area contributed by atoms with Crippen LogP contribution in [0.15, 0.2) is 84.9 Å². The average molecular weight is 691 g/mol. The summed E-state index contributed by atoms with van der Waals surface area (Å²) in [6.45, 7) is 5.72. The Hall–Kier alpha value is -3.30. The molecule has 4 aromatic rings. The Balaban J connectivity index is 0.886. The molecular weight excluding hydrogens is 631 g/mol. The lowest BCUT2D eigenvalue weighted by Gasteiger charge is -2.28. The highest BCUT2D eigenvalue weighted by molar-refractivity contribution is 5.65. The van der Waals surface area contributed by atoms with Crippen LogP contribution in [0.25, 0.3) is 22.3 Å². The van der Waals surface area contributed by atoms with Gasteiger partial charge in [-0.15, -0.1) is 0 Å². The van der Waals surface area contributed by atoms with Crippen LogP contribution < -0.4 is 0 Å². The number of halogens is 2. The Kier molecular flexibility index (Phi) is 13.9. The van der Waals surface area contributed by atoms with E-state index < -0.39 is 0 Å². The summed E-state index contributed by atoms with van der Waals surface area (Å²) >= 11 is 0. The van der Waals surface area contributed by atoms with E-state index in [9.17, 15) is 0 Å². The van der Waals surface area contributed by atoms with Gasteiger partial charge in [-0.2, -0.15) is 0 Å². The number of hydrogen-bond donors (Lipinski definition) is 0. The topological polar surface area (TPSA) is 9.23 Å². The molecule has 0 atom stereocenters. The van der Waals surface area contributed by atoms with Crippen molar-refractivity contribution in [2.24, 2.45) is 11.8 Å². The minimum atomic E-state index is -0.148. The van der Waals surface area contributed by atoms with Gasteiger partial charge in [-0.05, 0) is 157 Å². The smallest absolute Gasteiger partial charge is 0.127 e. The summed E-state index contributed by atoms with van der Waals surface area (Å²) in [7, 11) is 0. The van der Waals surface area contributed by atoms with Gasteiger partial charge in [0.25, 0.3) is 0 Å². The fraction of sp³-hybridized carbons (Fsp3) is 0.500. The zero-order valence-corrected chi connectivity index (χ0v) is 31.3. The zero-order valence-electron chi connectivity index (χ0n) is 31.3. The largest absolute Gasteiger partial charge is 0.381 e. The summed E-state index contributed by atoms with van der Waals surface area (Å²) in [6, 6.07) is 28.9. The molecule has 0 heterocycles. The summed E-state index contributed by atoms with van der Waals surface area (Å²) in [5.74, 6) is 2.87. The first-order chi connectivity index (χ1) is 25.0. The second-order valence-electron chi connectivity index (χ2n) is 15.7. The molecule has 0 unspecified atom stereocenters. The van der Waals surface area contributed by atoms with E-state index in [4.69, 9.17) is 4.74 Å². The van der Waals surface area contributed by atoms with Gasteiger partial charge in [0.05, 0.1) is 0 Å². The molecular formula is C48H60F2O. The highest BCUT2D eigenvalue weighted by Crippen LogP contribution is 2.39. The molecule has 2 fully saturated rings. The number of hydrogen-bond acceptors (Lipinski definition) is 1. The number of benzene rings is 4. The lowest BCUT2D eigenvalue weighted by atomic mass is 9.77. The molecule has 0 bridgehead atoms. The van der Waals surface area contributed by atoms with Crippen molar-refractivity contribution in [3.8, 4) is 22.3 Å². The molecule has 272 valence electrons. The lowest BCUT2D eigenvalue weighted by Crippen LogP contribution is -2.13. The van der Waals surface area contributed by atoms with E-state index in [1.807, 2.05) is 24.3 Å². The third kappa shape index (κ3) is 10.4. The van der Waals surface area contributed by atoms with Gasteiger partial charge in [0.15, 0.2) is 0 Å². The Bertz CT molecular complexity index is 1500. The van der Waals surface area contributed by atoms with Crippen LogP contribution in [0.2, 0.25) is 0 Å². The Morgan fingerprint density at radius 3 is 1.22 bits per heavy atom. The average Bonchev–Trinajstić information content (AvgIpc) is 3.16. The van der Waals surface area contributed by atoms with Crippen LogP contribution in [-0.2, 0) is 17.6 Å². The van der Waals surface area contributed by atoms with E-state index in [1.54, 1.807) is 12.1 Å². The summed E-state index contributed by atoms with van der Waals surface area (Å²) in [4.78, 5) is 0. The molecule has 2 aliphatic rings. The van der Waals surface area contributed by atoms with Crippen LogP contribution in [0, 0.1) is 23.5 Å². The van der Waals surface area contributed by atoms with E-state index in [-0.39, 0.29) is 11.6 Å². The minimum absolute atomic E-state index is 0.148. The zero-order chi connectivity index (χ0) is 35.4. The van der Waals surface area contributed by atoms with Gasteiger partial charge in [0.1, 0.15) is 11.6 Å². The van der Waals surface area contributed by atoms with Crippen LogP contribution in [0.5, 0.6) is 0 Å². The van der Waals surface area contributed by atoms with Gasteiger partial charge in [-0.3, -0.25) is 0 Å². The lowest BCUT2D eigenvalue weighted by molar-refractivity contribution is 0.129. The van der Waals surface area contributed by atoms with Crippen molar-refractivity contribution >= 4 is 0 Å². The predicted octanol–water partition coefficient (Wildman–Crippen LogP) is 14.0. The van der Waals surface area contributed by atoms with E-state index in [0.717, 1.165) is 58.1 Å². The first kappa shape index (κ1) is 37.5. The molecule has 2 aliphatic carbocycles. The van der Waals surface area contributed by atoms with E-state index in [1.165, 1.54) is 88.2 Å². The molecule has 2 saturated carbocycles. The standard InChI is InChI=1S/C48H60F2O/c1-3-7-35-11-15-37(16-12-35)39-19-23-41(24-20-39)45-29-27-43(47(49)33-45)9-5-31-51-32-6-10-44-28-30-46(34-48(44)50)42-25-21-40(22-26-42)38-17-13-36(8-4-2)14-18-38/h19-30,33-38H,3-18,31-32H2,1-2H3. The quantitative estimate of drug-likeness (QED) is 0.106. The molecule has 6 rings (SSSR count). The van der Waals surface area contributed by atoms with Crippen molar-refractivity contribution in [3.05, 3.63) is 119 Å². The third-order valence-electron chi connectivity index (χ3n) is 12.1. The molecule has 0 N–H and O–H groups in total. The fourth-order valence-corrected chi connectivity index (χ4v) is 8.97. The van der Waals surface area contributed by atoms with Crippen molar-refractivity contribution in [1.29, 1.82) is 0 Å². The minimum Gasteiger partial charge on any atom is -0.381 e. The Labute approximate surface area is 307 Å². The van der Waals surface area contributed by atoms with Crippen molar-refractivity contribution in [3.63, 3.8) is 0 Å². The van der Waals surface area contributed by atoms with Gasteiger partial charge < -0.3 is 4.74 Å². The van der Waals surface area contributed by atoms with Gasteiger partial charge in [-0.1, -0.05) is 112 Å². The van der Waals surface area contributed by atoms with Crippen LogP contribution in [0.3, 0.4) is 0 Å². The predicted molar refractivity (Wildman–Crippen MR) is 210 cm³/mol. The first-order valence-electron chi connectivity index (χ1n) is 20.4. The molecule has 4 aromatic carbocycles. The van der Waals surface area contributed by atoms with E-state index in [0.29, 0.717) is 37.9 Å². The maximum atomic E-state index is 15.0. The summed E-state index contributed by atoms with van der Waals surface area (Å²) < 4.78 is 36.0. The van der Waals surface area contributed by atoms with Crippen molar-refractivity contribution in [2.45, 2.75) is 128 Å². The summed E-state index contributed by atoms with van der Waals surface area (Å²) in [5.41, 5.74) is 8.32. The van der Waals surface area contributed by atoms with Gasteiger partial charge in [-0.25, -0.2) is 8.78 Å². The molecule has 0 saturated heterocycles. The Morgan fingerprint density at radius 2 is 0.863 bits per heavy atom. The molecule has 0 aromatic heterocycles. The van der Waals surface area contributed by atoms with Crippen LogP contribution >= 0.6 is 0 Å². The van der Waals surface area contributed by atoms with Gasteiger partial charge >= 0.3 is 0 Å². The maximum absolute atomic E-state index is 15.0. The van der Waals surface area contributed by atoms with E-state index in [2.05, 4.69) is 62.4 Å². The molecule has 0 amide bonds. The van der Waals surface area contributed by atoms with Crippen LogP contribution in [0.1, 0.15) is 138 Å². The third-order valence-corrected chi connectivity index (χ3v) is 12.1. The van der Waals surface area contributed by atoms with Crippen molar-refractivity contribution in [1.82, 2.24) is 0 Å². The molecule has 1 nitrogen and oxygen atoms in total. The number of ether oxygens (including phenoxy) is 1. The molecule has 0 aliphatic heterocycles. The first-order valence-corrected chi connectivity index (χ1v) is 20.4. The highest BCUT2D eigenvalue weighted by Gasteiger charge is 2.23. The number of rotatable bonds is 16. The van der Waals surface area contributed by atoms with Crippen LogP contribution in [0.4, 0.5) is 8.78 Å². The second kappa shape index (κ2) is 19.0. The van der Waals surface area contributed by atoms with Gasteiger partial charge in [0.2, 0.25) is 0 Å². The maximum Gasteiger partial charge on any atom is 0.127 e. The van der Waals surface area contributed by atoms with Crippen LogP contribution in [-0.4, -0.2) is 13.2 Å².